The number of esters is 4. The Morgan fingerprint density at radius 1 is 0.958 bits per heavy atom. The molecule has 5 unspecified atom stereocenters. The Morgan fingerprint density at radius 2 is 1.71 bits per heavy atom. The van der Waals surface area contributed by atoms with E-state index in [4.69, 9.17) is 0 Å². The molecular weight excluding hydrogens is 319 g/mol. The minimum absolute atomic E-state index is 0.238. The van der Waals surface area contributed by atoms with Crippen molar-refractivity contribution in [3.63, 3.8) is 0 Å². The van der Waals surface area contributed by atoms with Gasteiger partial charge in [0, 0.05) is 5.92 Å². The third kappa shape index (κ3) is 1.93. The minimum Gasteiger partial charge on any atom is -0.393 e. The minimum atomic E-state index is -1.80. The molecule has 1 aliphatic carbocycles. The first-order valence-electron chi connectivity index (χ1n) is 7.63. The number of carbonyl (C=O) groups excluding carboxylic acids is 4. The van der Waals surface area contributed by atoms with Crippen LogP contribution in [0.25, 0.3) is 0 Å². The van der Waals surface area contributed by atoms with Gasteiger partial charge in [-0.15, -0.1) is 0 Å². The van der Waals surface area contributed by atoms with Crippen LogP contribution in [-0.4, -0.2) is 30.0 Å². The van der Waals surface area contributed by atoms with Crippen LogP contribution in [0.2, 0.25) is 0 Å². The summed E-state index contributed by atoms with van der Waals surface area (Å²) < 4.78 is 24.4. The number of cyclic esters (lactones) is 4. The van der Waals surface area contributed by atoms with E-state index in [1.54, 1.807) is 25.1 Å². The van der Waals surface area contributed by atoms with E-state index in [9.17, 15) is 19.2 Å². The van der Waals surface area contributed by atoms with Gasteiger partial charge in [0.05, 0.1) is 18.3 Å². The standard InChI is InChI=1S/C17H13FO6/c1-6-2-3-7-8(4-6)12-13(17(22)24-16(12)21)14(18)11(7)9-5-10(19)23-15(9)20/h2-4,9,11-14H,5H2,1H3. The summed E-state index contributed by atoms with van der Waals surface area (Å²) in [6.07, 6.45) is -2.04. The molecule has 3 aliphatic rings. The summed E-state index contributed by atoms with van der Waals surface area (Å²) in [5, 5.41) is 0. The van der Waals surface area contributed by atoms with E-state index in [1.807, 2.05) is 0 Å². The second kappa shape index (κ2) is 4.96. The third-order valence-electron chi connectivity index (χ3n) is 5.05. The van der Waals surface area contributed by atoms with Crippen molar-refractivity contribution in [2.24, 2.45) is 11.8 Å². The number of alkyl halides is 1. The maximum atomic E-state index is 15.2. The van der Waals surface area contributed by atoms with Crippen LogP contribution in [0.1, 0.15) is 34.9 Å². The molecule has 6 nitrogen and oxygen atoms in total. The second-order valence-corrected chi connectivity index (χ2v) is 6.45. The average Bonchev–Trinajstić information content (AvgIpc) is 2.99. The fraction of sp³-hybridized carbons (Fsp3) is 0.412. The SMILES string of the molecule is Cc1ccc2c(c1)C1C(=O)OC(=O)C1C(F)C2C1CC(=O)OC1=O. The van der Waals surface area contributed by atoms with Gasteiger partial charge in [0.2, 0.25) is 0 Å². The predicted molar refractivity (Wildman–Crippen MR) is 75.4 cm³/mol. The van der Waals surface area contributed by atoms with Crippen LogP contribution in [0, 0.1) is 18.8 Å². The van der Waals surface area contributed by atoms with Crippen LogP contribution in [0.3, 0.4) is 0 Å². The zero-order valence-electron chi connectivity index (χ0n) is 12.7. The lowest BCUT2D eigenvalue weighted by Gasteiger charge is -2.36. The highest BCUT2D eigenvalue weighted by atomic mass is 19.1. The molecule has 2 fully saturated rings. The van der Waals surface area contributed by atoms with Gasteiger partial charge < -0.3 is 9.47 Å². The second-order valence-electron chi connectivity index (χ2n) is 6.45. The normalized spacial score (nSPS) is 34.7. The summed E-state index contributed by atoms with van der Waals surface area (Å²) in [5.41, 5.74) is 1.78. The van der Waals surface area contributed by atoms with Gasteiger partial charge >= 0.3 is 23.9 Å². The first kappa shape index (κ1) is 15.0. The maximum Gasteiger partial charge on any atom is 0.322 e. The molecule has 2 heterocycles. The molecule has 5 atom stereocenters. The topological polar surface area (TPSA) is 86.7 Å². The summed E-state index contributed by atoms with van der Waals surface area (Å²) in [4.78, 5) is 47.4. The number of aryl methyl sites for hydroxylation is 1. The number of hydrogen-bond acceptors (Lipinski definition) is 6. The average molecular weight is 332 g/mol. The van der Waals surface area contributed by atoms with E-state index < -0.39 is 53.7 Å². The Bertz CT molecular complexity index is 800. The Hall–Kier alpha value is -2.57. The molecule has 1 aromatic rings. The third-order valence-corrected chi connectivity index (χ3v) is 5.05. The summed E-state index contributed by atoms with van der Waals surface area (Å²) in [7, 11) is 0. The van der Waals surface area contributed by atoms with Gasteiger partial charge in [0.25, 0.3) is 0 Å². The van der Waals surface area contributed by atoms with Crippen LogP contribution in [0.4, 0.5) is 4.39 Å². The van der Waals surface area contributed by atoms with E-state index >= 15 is 4.39 Å². The number of halogens is 1. The summed E-state index contributed by atoms with van der Waals surface area (Å²) in [5.74, 6) is -7.52. The van der Waals surface area contributed by atoms with Gasteiger partial charge in [-0.2, -0.15) is 0 Å². The fourth-order valence-corrected chi connectivity index (χ4v) is 4.01. The van der Waals surface area contributed by atoms with Gasteiger partial charge in [0.15, 0.2) is 0 Å². The maximum absolute atomic E-state index is 15.2. The summed E-state index contributed by atoms with van der Waals surface area (Å²) in [6, 6.07) is 5.08. The molecule has 2 saturated heterocycles. The van der Waals surface area contributed by atoms with Gasteiger partial charge in [-0.05, 0) is 18.1 Å². The van der Waals surface area contributed by atoms with E-state index in [1.165, 1.54) is 0 Å². The molecule has 0 N–H and O–H groups in total. The van der Waals surface area contributed by atoms with Crippen molar-refractivity contribution >= 4 is 23.9 Å². The van der Waals surface area contributed by atoms with Crippen molar-refractivity contribution in [1.29, 1.82) is 0 Å². The lowest BCUT2D eigenvalue weighted by molar-refractivity contribution is -0.156. The molecule has 7 heteroatoms. The fourth-order valence-electron chi connectivity index (χ4n) is 4.01. The molecule has 0 amide bonds. The smallest absolute Gasteiger partial charge is 0.322 e. The van der Waals surface area contributed by atoms with E-state index in [0.29, 0.717) is 11.1 Å². The number of ether oxygens (including phenoxy) is 2. The highest BCUT2D eigenvalue weighted by Crippen LogP contribution is 2.52. The number of carbonyl (C=O) groups is 4. The van der Waals surface area contributed by atoms with E-state index in [0.717, 1.165) is 5.56 Å². The number of benzene rings is 1. The Kier molecular flexibility index (Phi) is 3.10. The lowest BCUT2D eigenvalue weighted by atomic mass is 9.65. The molecule has 0 bridgehead atoms. The van der Waals surface area contributed by atoms with Gasteiger partial charge in [0.1, 0.15) is 12.1 Å². The highest BCUT2D eigenvalue weighted by Gasteiger charge is 2.59. The van der Waals surface area contributed by atoms with Crippen LogP contribution >= 0.6 is 0 Å². The van der Waals surface area contributed by atoms with Crippen molar-refractivity contribution in [2.75, 3.05) is 0 Å². The zero-order chi connectivity index (χ0) is 17.2. The molecule has 2 aliphatic heterocycles. The van der Waals surface area contributed by atoms with Gasteiger partial charge in [-0.25, -0.2) is 4.39 Å². The molecule has 4 rings (SSSR count). The largest absolute Gasteiger partial charge is 0.393 e. The molecule has 0 saturated carbocycles. The number of rotatable bonds is 1. The Labute approximate surface area is 135 Å². The van der Waals surface area contributed by atoms with Crippen molar-refractivity contribution in [3.8, 4) is 0 Å². The van der Waals surface area contributed by atoms with E-state index in [2.05, 4.69) is 9.47 Å². The summed E-state index contributed by atoms with van der Waals surface area (Å²) >= 11 is 0. The monoisotopic (exact) mass is 332 g/mol. The zero-order valence-corrected chi connectivity index (χ0v) is 12.7. The summed E-state index contributed by atoms with van der Waals surface area (Å²) in [6.45, 7) is 1.81. The predicted octanol–water partition coefficient (Wildman–Crippen LogP) is 1.30. The van der Waals surface area contributed by atoms with Crippen LogP contribution in [-0.2, 0) is 28.7 Å². The van der Waals surface area contributed by atoms with E-state index in [-0.39, 0.29) is 6.42 Å². The molecule has 0 aromatic heterocycles. The first-order valence-corrected chi connectivity index (χ1v) is 7.63. The first-order chi connectivity index (χ1) is 11.4. The van der Waals surface area contributed by atoms with Gasteiger partial charge in [-0.1, -0.05) is 23.8 Å². The van der Waals surface area contributed by atoms with Gasteiger partial charge in [-0.3, -0.25) is 19.2 Å². The Morgan fingerprint density at radius 3 is 2.38 bits per heavy atom. The van der Waals surface area contributed by atoms with Crippen LogP contribution in [0.5, 0.6) is 0 Å². The molecule has 124 valence electrons. The number of fused-ring (bicyclic) bond motifs is 3. The molecule has 0 spiro atoms. The van der Waals surface area contributed by atoms with Crippen molar-refractivity contribution < 1.29 is 33.0 Å². The molecular formula is C17H13FO6. The van der Waals surface area contributed by atoms with Crippen LogP contribution in [0.15, 0.2) is 18.2 Å². The lowest BCUT2D eigenvalue weighted by Crippen LogP contribution is -2.40. The highest BCUT2D eigenvalue weighted by molar-refractivity contribution is 6.01. The molecule has 24 heavy (non-hydrogen) atoms. The molecule has 1 aromatic carbocycles. The van der Waals surface area contributed by atoms with Crippen molar-refractivity contribution in [2.45, 2.75) is 31.4 Å². The molecule has 0 radical (unpaired) electrons. The Balaban J connectivity index is 1.89. The number of hydrogen-bond donors (Lipinski definition) is 0. The van der Waals surface area contributed by atoms with Crippen molar-refractivity contribution in [3.05, 3.63) is 34.9 Å². The van der Waals surface area contributed by atoms with Crippen molar-refractivity contribution in [1.82, 2.24) is 0 Å². The quantitative estimate of drug-likeness (QED) is 0.569. The van der Waals surface area contributed by atoms with Crippen LogP contribution < -0.4 is 0 Å².